The van der Waals surface area contributed by atoms with Crippen molar-refractivity contribution in [2.24, 2.45) is 5.41 Å². The maximum atomic E-state index is 14.7. The van der Waals surface area contributed by atoms with E-state index in [9.17, 15) is 19.6 Å². The van der Waals surface area contributed by atoms with Crippen LogP contribution in [0.2, 0.25) is 0 Å². The Balaban J connectivity index is 1.81. The van der Waals surface area contributed by atoms with Crippen LogP contribution in [0.5, 0.6) is 0 Å². The predicted molar refractivity (Wildman–Crippen MR) is 156 cm³/mol. The molecule has 0 saturated carbocycles. The summed E-state index contributed by atoms with van der Waals surface area (Å²) in [5.41, 5.74) is 4.53. The molecule has 7 heteroatoms. The number of halogens is 1. The molecule has 39 heavy (non-hydrogen) atoms. The van der Waals surface area contributed by atoms with E-state index in [0.29, 0.717) is 15.8 Å². The van der Waals surface area contributed by atoms with Gasteiger partial charge in [0.1, 0.15) is 22.2 Å². The van der Waals surface area contributed by atoms with Crippen LogP contribution in [0.4, 0.5) is 4.39 Å². The lowest BCUT2D eigenvalue weighted by Gasteiger charge is -2.13. The van der Waals surface area contributed by atoms with Crippen molar-refractivity contribution in [1.29, 1.82) is 5.26 Å². The number of nitriles is 1. The number of hydrogen-bond acceptors (Lipinski definition) is 4. The molecule has 3 aromatic carbocycles. The SMILES string of the molecule is Cc1ccc(Sn2c(-c3cccc(C#CC(C)(C)C(=O)O)c3)c(-c3ccsc3C#N)c3cc(F)ccc32)cc1. The van der Waals surface area contributed by atoms with E-state index in [2.05, 4.69) is 21.9 Å². The van der Waals surface area contributed by atoms with Crippen molar-refractivity contribution >= 4 is 40.2 Å². The second-order valence-electron chi connectivity index (χ2n) is 9.62. The summed E-state index contributed by atoms with van der Waals surface area (Å²) in [5, 5.41) is 21.9. The van der Waals surface area contributed by atoms with Crippen LogP contribution in [-0.2, 0) is 4.79 Å². The normalized spacial score (nSPS) is 11.2. The van der Waals surface area contributed by atoms with Gasteiger partial charge in [-0.05, 0) is 86.6 Å². The van der Waals surface area contributed by atoms with Crippen LogP contribution in [-0.4, -0.2) is 15.0 Å². The van der Waals surface area contributed by atoms with Crippen LogP contribution in [0.3, 0.4) is 0 Å². The van der Waals surface area contributed by atoms with Gasteiger partial charge in [0.25, 0.3) is 0 Å². The van der Waals surface area contributed by atoms with E-state index in [1.807, 2.05) is 66.9 Å². The Hall–Kier alpha value is -4.30. The zero-order valence-corrected chi connectivity index (χ0v) is 23.1. The minimum atomic E-state index is -1.20. The Morgan fingerprint density at radius 3 is 2.56 bits per heavy atom. The van der Waals surface area contributed by atoms with Crippen molar-refractivity contribution in [3.63, 3.8) is 0 Å². The van der Waals surface area contributed by atoms with Crippen molar-refractivity contribution in [3.8, 4) is 40.3 Å². The van der Waals surface area contributed by atoms with Gasteiger partial charge in [0.15, 0.2) is 0 Å². The van der Waals surface area contributed by atoms with E-state index in [4.69, 9.17) is 0 Å². The Kier molecular flexibility index (Phi) is 7.06. The molecule has 0 aliphatic rings. The number of nitrogens with zero attached hydrogens (tertiary/aromatic N) is 2. The van der Waals surface area contributed by atoms with Gasteiger partial charge in [-0.15, -0.1) is 11.3 Å². The Labute approximate surface area is 234 Å². The monoisotopic (exact) mass is 550 g/mol. The van der Waals surface area contributed by atoms with Gasteiger partial charge in [-0.1, -0.05) is 41.7 Å². The molecule has 1 N–H and O–H groups in total. The van der Waals surface area contributed by atoms with Crippen molar-refractivity contribution in [3.05, 3.63) is 100.0 Å². The first kappa shape index (κ1) is 26.3. The number of thiophene rings is 1. The molecule has 5 rings (SSSR count). The lowest BCUT2D eigenvalue weighted by molar-refractivity contribution is -0.143. The van der Waals surface area contributed by atoms with Crippen molar-refractivity contribution in [2.75, 3.05) is 0 Å². The summed E-state index contributed by atoms with van der Waals surface area (Å²) in [5.74, 6) is 4.51. The summed E-state index contributed by atoms with van der Waals surface area (Å²) in [6.07, 6.45) is 0. The van der Waals surface area contributed by atoms with Gasteiger partial charge < -0.3 is 5.11 Å². The lowest BCUT2D eigenvalue weighted by atomic mass is 9.94. The molecular formula is C32H23FN2O2S2. The number of rotatable bonds is 5. The fourth-order valence-corrected chi connectivity index (χ4v) is 5.89. The molecule has 2 heterocycles. The number of carboxylic acid groups (broad SMARTS) is 1. The number of aliphatic carboxylic acids is 1. The molecule has 4 nitrogen and oxygen atoms in total. The Morgan fingerprint density at radius 2 is 1.85 bits per heavy atom. The van der Waals surface area contributed by atoms with Gasteiger partial charge >= 0.3 is 5.97 Å². The molecule has 0 bridgehead atoms. The highest BCUT2D eigenvalue weighted by atomic mass is 32.2. The largest absolute Gasteiger partial charge is 0.480 e. The Morgan fingerprint density at radius 1 is 1.08 bits per heavy atom. The van der Waals surface area contributed by atoms with Crippen LogP contribution in [0.25, 0.3) is 33.3 Å². The summed E-state index contributed by atoms with van der Waals surface area (Å²) in [4.78, 5) is 13.1. The standard InChI is InChI=1S/C32H23FN2O2S2/c1-20-7-10-24(11-8-20)39-35-27-12-9-23(33)18-26(27)29(25-14-16-38-28(25)19-34)30(35)22-6-4-5-21(17-22)13-15-32(2,3)31(36)37/h4-12,14,16-18H,1-3H3,(H,36,37). The molecule has 0 spiro atoms. The molecule has 0 amide bonds. The molecule has 192 valence electrons. The minimum absolute atomic E-state index is 0.364. The van der Waals surface area contributed by atoms with Crippen LogP contribution in [0.15, 0.2) is 83.1 Å². The summed E-state index contributed by atoms with van der Waals surface area (Å²) >= 11 is 2.86. The lowest BCUT2D eigenvalue weighted by Crippen LogP contribution is -2.21. The first-order chi connectivity index (χ1) is 18.7. The second kappa shape index (κ2) is 10.5. The topological polar surface area (TPSA) is 66.0 Å². The Bertz CT molecular complexity index is 1830. The van der Waals surface area contributed by atoms with Crippen molar-refractivity contribution < 1.29 is 14.3 Å². The average molecular weight is 551 g/mol. The number of benzene rings is 3. The quantitative estimate of drug-likeness (QED) is 0.223. The number of aryl methyl sites for hydroxylation is 1. The number of carboxylic acids is 1. The van der Waals surface area contributed by atoms with E-state index in [1.54, 1.807) is 19.9 Å². The highest BCUT2D eigenvalue weighted by Crippen LogP contribution is 2.46. The first-order valence-electron chi connectivity index (χ1n) is 12.1. The highest BCUT2D eigenvalue weighted by molar-refractivity contribution is 7.98. The third kappa shape index (κ3) is 5.20. The number of carbonyl (C=O) groups is 1. The summed E-state index contributed by atoms with van der Waals surface area (Å²) < 4.78 is 16.7. The smallest absolute Gasteiger partial charge is 0.321 e. The van der Waals surface area contributed by atoms with E-state index in [1.165, 1.54) is 35.4 Å². The molecule has 5 aromatic rings. The van der Waals surface area contributed by atoms with E-state index in [0.717, 1.165) is 38.4 Å². The molecule has 0 aliphatic carbocycles. The van der Waals surface area contributed by atoms with Crippen molar-refractivity contribution in [1.82, 2.24) is 3.97 Å². The van der Waals surface area contributed by atoms with Gasteiger partial charge in [-0.25, -0.2) is 4.39 Å². The van der Waals surface area contributed by atoms with Gasteiger partial charge in [0.2, 0.25) is 0 Å². The number of aromatic nitrogens is 1. The fourth-order valence-electron chi connectivity index (χ4n) is 4.19. The van der Waals surface area contributed by atoms with E-state index in [-0.39, 0.29) is 5.82 Å². The van der Waals surface area contributed by atoms with Crippen LogP contribution < -0.4 is 0 Å². The summed E-state index contributed by atoms with van der Waals surface area (Å²) in [7, 11) is 0. The molecule has 0 unspecified atom stereocenters. The zero-order valence-electron chi connectivity index (χ0n) is 21.4. The molecule has 0 radical (unpaired) electrons. The molecule has 0 atom stereocenters. The molecule has 0 aliphatic heterocycles. The summed E-state index contributed by atoms with van der Waals surface area (Å²) in [6, 6.07) is 24.6. The zero-order chi connectivity index (χ0) is 27.7. The maximum absolute atomic E-state index is 14.7. The van der Waals surface area contributed by atoms with Gasteiger partial charge in [0.05, 0.1) is 11.2 Å². The number of fused-ring (bicyclic) bond motifs is 1. The molecule has 0 fully saturated rings. The molecule has 0 saturated heterocycles. The van der Waals surface area contributed by atoms with Gasteiger partial charge in [-0.3, -0.25) is 8.77 Å². The average Bonchev–Trinajstić information content (AvgIpc) is 3.50. The minimum Gasteiger partial charge on any atom is -0.480 e. The second-order valence-corrected chi connectivity index (χ2v) is 11.6. The maximum Gasteiger partial charge on any atom is 0.321 e. The first-order valence-corrected chi connectivity index (χ1v) is 13.8. The van der Waals surface area contributed by atoms with Crippen molar-refractivity contribution in [2.45, 2.75) is 25.7 Å². The van der Waals surface area contributed by atoms with Gasteiger partial charge in [0, 0.05) is 32.5 Å². The molecule has 2 aromatic heterocycles. The van der Waals surface area contributed by atoms with Crippen LogP contribution in [0.1, 0.15) is 29.9 Å². The fraction of sp³-hybridized carbons (Fsp3) is 0.125. The van der Waals surface area contributed by atoms with Crippen LogP contribution >= 0.6 is 23.3 Å². The predicted octanol–water partition coefficient (Wildman–Crippen LogP) is 8.37. The van der Waals surface area contributed by atoms with E-state index >= 15 is 0 Å². The van der Waals surface area contributed by atoms with Gasteiger partial charge in [-0.2, -0.15) is 5.26 Å². The van der Waals surface area contributed by atoms with Crippen LogP contribution in [0, 0.1) is 41.3 Å². The third-order valence-corrected chi connectivity index (χ3v) is 8.19. The number of hydrogen-bond donors (Lipinski definition) is 1. The summed E-state index contributed by atoms with van der Waals surface area (Å²) in [6.45, 7) is 5.16. The third-order valence-electron chi connectivity index (χ3n) is 6.33. The highest BCUT2D eigenvalue weighted by Gasteiger charge is 2.25. The molecular weight excluding hydrogens is 527 g/mol. The van der Waals surface area contributed by atoms with E-state index < -0.39 is 11.4 Å².